The first-order valence-corrected chi connectivity index (χ1v) is 7.83. The van der Waals surface area contributed by atoms with Gasteiger partial charge in [-0.05, 0) is 30.3 Å². The number of carbonyl (C=O) groups is 2. The molecule has 2 rings (SSSR count). The van der Waals surface area contributed by atoms with Gasteiger partial charge in [-0.2, -0.15) is 22.0 Å². The van der Waals surface area contributed by atoms with Crippen molar-refractivity contribution in [2.24, 2.45) is 0 Å². The molecule has 0 saturated heterocycles. The number of amides is 1. The number of nitrogens with one attached hydrogen (secondary N) is 1. The average molecular weight is 424 g/mol. The second-order valence-electron chi connectivity index (χ2n) is 5.19. The predicted molar refractivity (Wildman–Crippen MR) is 88.4 cm³/mol. The zero-order valence-electron chi connectivity index (χ0n) is 13.7. The van der Waals surface area contributed by atoms with E-state index in [2.05, 4.69) is 14.8 Å². The molecule has 0 unspecified atom stereocenters. The van der Waals surface area contributed by atoms with Crippen LogP contribution >= 0.6 is 11.6 Å². The van der Waals surface area contributed by atoms with Crippen LogP contribution in [0.1, 0.15) is 15.9 Å². The van der Waals surface area contributed by atoms with Crippen LogP contribution in [0.2, 0.25) is 5.02 Å². The number of rotatable bonds is 6. The predicted octanol–water partition coefficient (Wildman–Crippen LogP) is 4.76. The molecule has 0 aliphatic rings. The number of alkyl halides is 5. The van der Waals surface area contributed by atoms with Gasteiger partial charge in [0, 0.05) is 5.69 Å². The van der Waals surface area contributed by atoms with Gasteiger partial charge in [0.1, 0.15) is 5.75 Å². The highest BCUT2D eigenvalue weighted by atomic mass is 35.5. The monoisotopic (exact) mass is 423 g/mol. The van der Waals surface area contributed by atoms with E-state index in [-0.39, 0.29) is 16.5 Å². The summed E-state index contributed by atoms with van der Waals surface area (Å²) < 4.78 is 71.7. The highest BCUT2D eigenvalue weighted by molar-refractivity contribution is 6.32. The molecule has 1 amide bonds. The second-order valence-corrected chi connectivity index (χ2v) is 5.60. The number of anilines is 1. The van der Waals surface area contributed by atoms with Gasteiger partial charge in [-0.15, -0.1) is 0 Å². The van der Waals surface area contributed by atoms with E-state index in [1.165, 1.54) is 12.1 Å². The Hall–Kier alpha value is -2.88. The molecule has 1 N–H and O–H groups in total. The fourth-order valence-corrected chi connectivity index (χ4v) is 2.31. The van der Waals surface area contributed by atoms with Crippen molar-refractivity contribution in [1.82, 2.24) is 0 Å². The Labute approximate surface area is 160 Å². The van der Waals surface area contributed by atoms with Crippen LogP contribution in [0.5, 0.6) is 5.75 Å². The van der Waals surface area contributed by atoms with Crippen molar-refractivity contribution < 1.29 is 41.0 Å². The van der Waals surface area contributed by atoms with Crippen LogP contribution in [0.4, 0.5) is 27.6 Å². The molecule has 0 aliphatic heterocycles. The summed E-state index contributed by atoms with van der Waals surface area (Å²) in [5, 5.41) is 2.04. The summed E-state index contributed by atoms with van der Waals surface area (Å²) >= 11 is 5.72. The molecular weight excluding hydrogens is 413 g/mol. The standard InChI is InChI=1S/C17H11ClF5NO4/c18-12-7-9(5-6-13(12)28-16(19)20)24-14(25)8-27-15(26)10-3-1-2-4-11(10)17(21,22)23/h1-7,16H,8H2,(H,24,25). The molecule has 0 aliphatic carbocycles. The lowest BCUT2D eigenvalue weighted by atomic mass is 10.1. The maximum absolute atomic E-state index is 12.9. The van der Waals surface area contributed by atoms with E-state index >= 15 is 0 Å². The number of halogens is 6. The number of hydrogen-bond acceptors (Lipinski definition) is 4. The quantitative estimate of drug-likeness (QED) is 0.537. The number of hydrogen-bond donors (Lipinski definition) is 1. The third-order valence-electron chi connectivity index (χ3n) is 3.22. The normalized spacial score (nSPS) is 11.2. The first-order chi connectivity index (χ1) is 13.1. The lowest BCUT2D eigenvalue weighted by Crippen LogP contribution is -2.22. The van der Waals surface area contributed by atoms with E-state index in [0.717, 1.165) is 24.3 Å². The molecule has 0 fully saturated rings. The van der Waals surface area contributed by atoms with Gasteiger partial charge in [0.05, 0.1) is 16.1 Å². The van der Waals surface area contributed by atoms with Gasteiger partial charge in [-0.25, -0.2) is 4.79 Å². The van der Waals surface area contributed by atoms with Crippen molar-refractivity contribution in [2.45, 2.75) is 12.8 Å². The Balaban J connectivity index is 1.98. The Kier molecular flexibility index (Phi) is 6.79. The number of ether oxygens (including phenoxy) is 2. The summed E-state index contributed by atoms with van der Waals surface area (Å²) in [5.41, 5.74) is -1.86. The van der Waals surface area contributed by atoms with Crippen molar-refractivity contribution in [3.8, 4) is 5.75 Å². The van der Waals surface area contributed by atoms with Crippen LogP contribution in [0.15, 0.2) is 42.5 Å². The molecule has 0 heterocycles. The Morgan fingerprint density at radius 1 is 1.11 bits per heavy atom. The van der Waals surface area contributed by atoms with E-state index in [0.29, 0.717) is 6.07 Å². The maximum atomic E-state index is 12.9. The van der Waals surface area contributed by atoms with Crippen molar-refractivity contribution in [1.29, 1.82) is 0 Å². The minimum Gasteiger partial charge on any atom is -0.452 e. The van der Waals surface area contributed by atoms with Gasteiger partial charge >= 0.3 is 18.8 Å². The van der Waals surface area contributed by atoms with E-state index < -0.39 is 42.4 Å². The van der Waals surface area contributed by atoms with Crippen molar-refractivity contribution >= 4 is 29.2 Å². The van der Waals surface area contributed by atoms with Crippen LogP contribution in [-0.4, -0.2) is 25.1 Å². The smallest absolute Gasteiger partial charge is 0.417 e. The first kappa shape index (κ1) is 21.4. The Morgan fingerprint density at radius 2 is 1.79 bits per heavy atom. The number of carbonyl (C=O) groups excluding carboxylic acids is 2. The topological polar surface area (TPSA) is 64.6 Å². The van der Waals surface area contributed by atoms with E-state index in [1.807, 2.05) is 0 Å². The minimum atomic E-state index is -4.77. The maximum Gasteiger partial charge on any atom is 0.417 e. The summed E-state index contributed by atoms with van der Waals surface area (Å²) in [6, 6.07) is 7.34. The largest absolute Gasteiger partial charge is 0.452 e. The van der Waals surface area contributed by atoms with E-state index in [4.69, 9.17) is 11.6 Å². The van der Waals surface area contributed by atoms with Crippen LogP contribution in [0, 0.1) is 0 Å². The lowest BCUT2D eigenvalue weighted by molar-refractivity contribution is -0.138. The van der Waals surface area contributed by atoms with Gasteiger partial charge in [-0.3, -0.25) is 4.79 Å². The molecule has 28 heavy (non-hydrogen) atoms. The molecular formula is C17H11ClF5NO4. The molecule has 0 saturated carbocycles. The molecule has 5 nitrogen and oxygen atoms in total. The van der Waals surface area contributed by atoms with Crippen molar-refractivity contribution in [2.75, 3.05) is 11.9 Å². The summed E-state index contributed by atoms with van der Waals surface area (Å²) in [6.45, 7) is -3.96. The zero-order valence-corrected chi connectivity index (χ0v) is 14.5. The SMILES string of the molecule is O=C(COC(=O)c1ccccc1C(F)(F)F)Nc1ccc(OC(F)F)c(Cl)c1. The molecule has 0 radical (unpaired) electrons. The van der Waals surface area contributed by atoms with E-state index in [9.17, 15) is 31.5 Å². The molecule has 0 spiro atoms. The number of benzene rings is 2. The lowest BCUT2D eigenvalue weighted by Gasteiger charge is -2.12. The van der Waals surface area contributed by atoms with Crippen LogP contribution in [0.3, 0.4) is 0 Å². The van der Waals surface area contributed by atoms with Crippen LogP contribution < -0.4 is 10.1 Å². The highest BCUT2D eigenvalue weighted by Gasteiger charge is 2.35. The van der Waals surface area contributed by atoms with Gasteiger partial charge in [0.15, 0.2) is 6.61 Å². The summed E-state index contributed by atoms with van der Waals surface area (Å²) in [7, 11) is 0. The fourth-order valence-electron chi connectivity index (χ4n) is 2.08. The van der Waals surface area contributed by atoms with Gasteiger partial charge in [-0.1, -0.05) is 23.7 Å². The first-order valence-electron chi connectivity index (χ1n) is 7.45. The molecule has 150 valence electrons. The van der Waals surface area contributed by atoms with E-state index in [1.54, 1.807) is 0 Å². The molecule has 2 aromatic carbocycles. The third kappa shape index (κ3) is 5.81. The molecule has 0 atom stereocenters. The number of esters is 1. The van der Waals surface area contributed by atoms with Crippen LogP contribution in [0.25, 0.3) is 0 Å². The molecule has 11 heteroatoms. The average Bonchev–Trinajstić information content (AvgIpc) is 2.61. The summed E-state index contributed by atoms with van der Waals surface area (Å²) in [4.78, 5) is 23.7. The zero-order chi connectivity index (χ0) is 20.9. The van der Waals surface area contributed by atoms with Gasteiger partial charge in [0.25, 0.3) is 5.91 Å². The van der Waals surface area contributed by atoms with Gasteiger partial charge < -0.3 is 14.8 Å². The Morgan fingerprint density at radius 3 is 2.39 bits per heavy atom. The second kappa shape index (κ2) is 8.87. The highest BCUT2D eigenvalue weighted by Crippen LogP contribution is 2.32. The molecule has 2 aromatic rings. The molecule has 0 bridgehead atoms. The summed E-state index contributed by atoms with van der Waals surface area (Å²) in [6.07, 6.45) is -4.77. The fraction of sp³-hybridized carbons (Fsp3) is 0.176. The third-order valence-corrected chi connectivity index (χ3v) is 3.51. The van der Waals surface area contributed by atoms with Crippen LogP contribution in [-0.2, 0) is 15.7 Å². The van der Waals surface area contributed by atoms with Crippen molar-refractivity contribution in [3.63, 3.8) is 0 Å². The van der Waals surface area contributed by atoms with Gasteiger partial charge in [0.2, 0.25) is 0 Å². The summed E-state index contributed by atoms with van der Waals surface area (Å²) in [5.74, 6) is -2.52. The molecule has 0 aromatic heterocycles. The minimum absolute atomic E-state index is 0.0726. The van der Waals surface area contributed by atoms with Crippen molar-refractivity contribution in [3.05, 3.63) is 58.6 Å². The Bertz CT molecular complexity index is 873.